The number of amides is 1. The van der Waals surface area contributed by atoms with Crippen molar-refractivity contribution in [3.63, 3.8) is 0 Å². The second-order valence-electron chi connectivity index (χ2n) is 3.90. The molecule has 2 aromatic carbocycles. The number of rotatable bonds is 3. The molecule has 3 nitrogen and oxygen atoms in total. The first kappa shape index (κ1) is 12.0. The van der Waals surface area contributed by atoms with E-state index in [4.69, 9.17) is 0 Å². The van der Waals surface area contributed by atoms with Gasteiger partial charge in [0.2, 0.25) is 5.91 Å². The van der Waals surface area contributed by atoms with Gasteiger partial charge in [0, 0.05) is 18.8 Å². The van der Waals surface area contributed by atoms with E-state index in [1.165, 1.54) is 6.92 Å². The zero-order valence-electron chi connectivity index (χ0n) is 10.1. The van der Waals surface area contributed by atoms with Crippen LogP contribution in [0, 0.1) is 0 Å². The monoisotopic (exact) mass is 238 g/mol. The molecule has 0 radical (unpaired) electrons. The molecule has 1 amide bonds. The Morgan fingerprint density at radius 3 is 2.33 bits per heavy atom. The summed E-state index contributed by atoms with van der Waals surface area (Å²) in [6.45, 7) is 1.49. The average Bonchev–Trinajstić information content (AvgIpc) is 2.38. The van der Waals surface area contributed by atoms with Crippen molar-refractivity contribution in [2.24, 2.45) is 4.99 Å². The van der Waals surface area contributed by atoms with Crippen LogP contribution in [0.4, 0.5) is 11.4 Å². The lowest BCUT2D eigenvalue weighted by molar-refractivity contribution is -0.114. The minimum Gasteiger partial charge on any atom is -0.326 e. The number of carbonyl (C=O) groups excluding carboxylic acids is 1. The maximum Gasteiger partial charge on any atom is 0.221 e. The van der Waals surface area contributed by atoms with Crippen LogP contribution in [0.2, 0.25) is 0 Å². The van der Waals surface area contributed by atoms with Crippen LogP contribution in [0.3, 0.4) is 0 Å². The van der Waals surface area contributed by atoms with Crippen LogP contribution in [-0.4, -0.2) is 12.1 Å². The van der Waals surface area contributed by atoms with Crippen molar-refractivity contribution < 1.29 is 4.79 Å². The van der Waals surface area contributed by atoms with Gasteiger partial charge >= 0.3 is 0 Å². The number of carbonyl (C=O) groups is 1. The Morgan fingerprint density at radius 1 is 1.06 bits per heavy atom. The van der Waals surface area contributed by atoms with Crippen LogP contribution in [0.15, 0.2) is 59.6 Å². The molecular formula is C15H14N2O. The van der Waals surface area contributed by atoms with Crippen molar-refractivity contribution >= 4 is 23.5 Å². The van der Waals surface area contributed by atoms with E-state index in [1.807, 2.05) is 54.6 Å². The number of nitrogens with one attached hydrogen (secondary N) is 1. The summed E-state index contributed by atoms with van der Waals surface area (Å²) in [6.07, 6.45) is 1.80. The largest absolute Gasteiger partial charge is 0.326 e. The fraction of sp³-hybridized carbons (Fsp3) is 0.0667. The van der Waals surface area contributed by atoms with Gasteiger partial charge in [-0.3, -0.25) is 9.79 Å². The molecule has 0 aliphatic heterocycles. The molecule has 0 aliphatic carbocycles. The van der Waals surface area contributed by atoms with Crippen LogP contribution < -0.4 is 5.32 Å². The van der Waals surface area contributed by atoms with Crippen LogP contribution in [0.5, 0.6) is 0 Å². The summed E-state index contributed by atoms with van der Waals surface area (Å²) in [6, 6.07) is 17.3. The first-order valence-corrected chi connectivity index (χ1v) is 5.71. The van der Waals surface area contributed by atoms with Crippen molar-refractivity contribution in [1.29, 1.82) is 0 Å². The van der Waals surface area contributed by atoms with Gasteiger partial charge in [0.15, 0.2) is 0 Å². The zero-order chi connectivity index (χ0) is 12.8. The lowest BCUT2D eigenvalue weighted by Gasteiger charge is -2.01. The van der Waals surface area contributed by atoms with E-state index in [-0.39, 0.29) is 5.91 Å². The highest BCUT2D eigenvalue weighted by Crippen LogP contribution is 2.11. The molecule has 0 aliphatic rings. The maximum atomic E-state index is 10.9. The third kappa shape index (κ3) is 3.56. The SMILES string of the molecule is CC(=O)Nc1ccc(C=Nc2ccccc2)cc1. The number of hydrogen-bond donors (Lipinski definition) is 1. The Bertz CT molecular complexity index is 544. The Morgan fingerprint density at radius 2 is 1.72 bits per heavy atom. The first-order valence-electron chi connectivity index (χ1n) is 5.71. The number of hydrogen-bond acceptors (Lipinski definition) is 2. The Hall–Kier alpha value is -2.42. The van der Waals surface area contributed by atoms with Crippen molar-refractivity contribution in [3.05, 3.63) is 60.2 Å². The highest BCUT2D eigenvalue weighted by molar-refractivity contribution is 5.89. The fourth-order valence-electron chi connectivity index (χ4n) is 1.52. The molecular weight excluding hydrogens is 224 g/mol. The summed E-state index contributed by atoms with van der Waals surface area (Å²) < 4.78 is 0. The highest BCUT2D eigenvalue weighted by atomic mass is 16.1. The predicted molar refractivity (Wildman–Crippen MR) is 74.4 cm³/mol. The molecule has 3 heteroatoms. The number of nitrogens with zero attached hydrogens (tertiary/aromatic N) is 1. The van der Waals surface area contributed by atoms with Crippen LogP contribution in [0.25, 0.3) is 0 Å². The van der Waals surface area contributed by atoms with Gasteiger partial charge in [0.25, 0.3) is 0 Å². The lowest BCUT2D eigenvalue weighted by atomic mass is 10.2. The van der Waals surface area contributed by atoms with Crippen LogP contribution in [0.1, 0.15) is 12.5 Å². The van der Waals surface area contributed by atoms with Gasteiger partial charge < -0.3 is 5.32 Å². The van der Waals surface area contributed by atoms with Gasteiger partial charge in [0.1, 0.15) is 0 Å². The standard InChI is InChI=1S/C15H14N2O/c1-12(18)17-15-9-7-13(8-10-15)11-16-14-5-3-2-4-6-14/h2-11H,1H3,(H,17,18). The molecule has 0 spiro atoms. The summed E-state index contributed by atoms with van der Waals surface area (Å²) in [5.41, 5.74) is 2.70. The van der Waals surface area contributed by atoms with Gasteiger partial charge in [-0.05, 0) is 29.8 Å². The van der Waals surface area contributed by atoms with Crippen LogP contribution in [-0.2, 0) is 4.79 Å². The number of anilines is 1. The summed E-state index contributed by atoms with van der Waals surface area (Å²) in [4.78, 5) is 15.2. The highest BCUT2D eigenvalue weighted by Gasteiger charge is 1.94. The molecule has 2 aromatic rings. The maximum absolute atomic E-state index is 10.9. The van der Waals surface area contributed by atoms with E-state index in [9.17, 15) is 4.79 Å². The van der Waals surface area contributed by atoms with Crippen molar-refractivity contribution in [1.82, 2.24) is 0 Å². The minimum atomic E-state index is -0.0688. The summed E-state index contributed by atoms with van der Waals surface area (Å²) in [5, 5.41) is 2.72. The molecule has 90 valence electrons. The molecule has 0 aromatic heterocycles. The molecule has 1 N–H and O–H groups in total. The zero-order valence-corrected chi connectivity index (χ0v) is 10.1. The smallest absolute Gasteiger partial charge is 0.221 e. The fourth-order valence-corrected chi connectivity index (χ4v) is 1.52. The summed E-state index contributed by atoms with van der Waals surface area (Å²) in [7, 11) is 0. The Labute approximate surface area is 106 Å². The third-order valence-electron chi connectivity index (χ3n) is 2.35. The van der Waals surface area contributed by atoms with Gasteiger partial charge in [0.05, 0.1) is 5.69 Å². The topological polar surface area (TPSA) is 41.5 Å². The van der Waals surface area contributed by atoms with Gasteiger partial charge in [-0.25, -0.2) is 0 Å². The average molecular weight is 238 g/mol. The van der Waals surface area contributed by atoms with E-state index in [2.05, 4.69) is 10.3 Å². The molecule has 0 heterocycles. The van der Waals surface area contributed by atoms with E-state index < -0.39 is 0 Å². The third-order valence-corrected chi connectivity index (χ3v) is 2.35. The molecule has 0 saturated heterocycles. The van der Waals surface area contributed by atoms with E-state index in [1.54, 1.807) is 6.21 Å². The molecule has 18 heavy (non-hydrogen) atoms. The van der Waals surface area contributed by atoms with Gasteiger partial charge in [-0.15, -0.1) is 0 Å². The normalized spacial score (nSPS) is 10.5. The quantitative estimate of drug-likeness (QED) is 0.818. The molecule has 0 saturated carbocycles. The van der Waals surface area contributed by atoms with Crippen LogP contribution >= 0.6 is 0 Å². The van der Waals surface area contributed by atoms with E-state index in [0.717, 1.165) is 16.9 Å². The first-order chi connectivity index (χ1) is 8.74. The van der Waals surface area contributed by atoms with E-state index in [0.29, 0.717) is 0 Å². The van der Waals surface area contributed by atoms with E-state index >= 15 is 0 Å². The van der Waals surface area contributed by atoms with Crippen molar-refractivity contribution in [3.8, 4) is 0 Å². The molecule has 0 fully saturated rings. The number of aliphatic imine (C=N–C) groups is 1. The van der Waals surface area contributed by atoms with Gasteiger partial charge in [-0.1, -0.05) is 30.3 Å². The second kappa shape index (κ2) is 5.77. The minimum absolute atomic E-state index is 0.0688. The second-order valence-corrected chi connectivity index (χ2v) is 3.90. The summed E-state index contributed by atoms with van der Waals surface area (Å²) in [5.74, 6) is -0.0688. The lowest BCUT2D eigenvalue weighted by Crippen LogP contribution is -2.05. The molecule has 2 rings (SSSR count). The van der Waals surface area contributed by atoms with Crippen molar-refractivity contribution in [2.75, 3.05) is 5.32 Å². The molecule has 0 unspecified atom stereocenters. The van der Waals surface area contributed by atoms with Crippen molar-refractivity contribution in [2.45, 2.75) is 6.92 Å². The number of benzene rings is 2. The molecule has 0 atom stereocenters. The summed E-state index contributed by atoms with van der Waals surface area (Å²) >= 11 is 0. The van der Waals surface area contributed by atoms with Gasteiger partial charge in [-0.2, -0.15) is 0 Å². The Kier molecular flexibility index (Phi) is 3.86. The Balaban J connectivity index is 2.06. The molecule has 0 bridgehead atoms. The predicted octanol–water partition coefficient (Wildman–Crippen LogP) is 3.40. The number of para-hydroxylation sites is 1.